The first-order chi connectivity index (χ1) is 15.7. The summed E-state index contributed by atoms with van der Waals surface area (Å²) in [5, 5.41) is 3.27. The number of ketones is 1. The van der Waals surface area contributed by atoms with Gasteiger partial charge in [0.1, 0.15) is 9.88 Å². The maximum absolute atomic E-state index is 12.7. The summed E-state index contributed by atoms with van der Waals surface area (Å²) in [6, 6.07) is 11.9. The number of methoxy groups -OCH3 is 2. The number of nitrogens with zero attached hydrogens (tertiary/aromatic N) is 1. The number of thiazole rings is 1. The summed E-state index contributed by atoms with van der Waals surface area (Å²) in [5.74, 6) is -0.131. The fourth-order valence-electron chi connectivity index (χ4n) is 3.01. The van der Waals surface area contributed by atoms with Crippen LogP contribution < -0.4 is 14.8 Å². The van der Waals surface area contributed by atoms with Crippen LogP contribution in [-0.2, 0) is 9.53 Å². The summed E-state index contributed by atoms with van der Waals surface area (Å²) < 4.78 is 15.9. The normalized spacial score (nSPS) is 11.4. The van der Waals surface area contributed by atoms with E-state index in [9.17, 15) is 14.4 Å². The van der Waals surface area contributed by atoms with Crippen molar-refractivity contribution in [2.45, 2.75) is 26.9 Å². The first-order valence-corrected chi connectivity index (χ1v) is 10.9. The molecule has 1 N–H and O–H groups in total. The number of nitrogens with one attached hydrogen (secondary N) is 1. The Hall–Kier alpha value is -3.72. The molecule has 8 nitrogen and oxygen atoms in total. The Balaban J connectivity index is 1.71. The summed E-state index contributed by atoms with van der Waals surface area (Å²) >= 11 is 1.16. The Morgan fingerprint density at radius 1 is 1.03 bits per heavy atom. The van der Waals surface area contributed by atoms with Crippen LogP contribution in [0.4, 0.5) is 5.69 Å². The van der Waals surface area contributed by atoms with E-state index < -0.39 is 18.0 Å². The van der Waals surface area contributed by atoms with Crippen molar-refractivity contribution in [2.75, 3.05) is 19.5 Å². The van der Waals surface area contributed by atoms with Crippen LogP contribution in [0.2, 0.25) is 0 Å². The van der Waals surface area contributed by atoms with Crippen LogP contribution in [0.5, 0.6) is 11.5 Å². The molecule has 172 valence electrons. The first-order valence-electron chi connectivity index (χ1n) is 10.1. The van der Waals surface area contributed by atoms with Crippen molar-refractivity contribution in [1.29, 1.82) is 0 Å². The second kappa shape index (κ2) is 10.3. The minimum Gasteiger partial charge on any atom is -0.493 e. The van der Waals surface area contributed by atoms with Crippen LogP contribution in [0.15, 0.2) is 42.5 Å². The lowest BCUT2D eigenvalue weighted by Crippen LogP contribution is -2.30. The van der Waals surface area contributed by atoms with Gasteiger partial charge in [-0.25, -0.2) is 9.78 Å². The molecule has 3 rings (SSSR count). The average molecular weight is 469 g/mol. The highest BCUT2D eigenvalue weighted by Crippen LogP contribution is 2.35. The van der Waals surface area contributed by atoms with E-state index in [-0.39, 0.29) is 5.78 Å². The Bertz CT molecular complexity index is 1200. The van der Waals surface area contributed by atoms with Gasteiger partial charge in [-0.2, -0.15) is 0 Å². The summed E-state index contributed by atoms with van der Waals surface area (Å²) in [6.07, 6.45) is -1.05. The van der Waals surface area contributed by atoms with Crippen LogP contribution in [0.3, 0.4) is 0 Å². The van der Waals surface area contributed by atoms with Crippen LogP contribution in [-0.4, -0.2) is 43.0 Å². The molecule has 0 saturated carbocycles. The van der Waals surface area contributed by atoms with E-state index in [4.69, 9.17) is 14.2 Å². The molecule has 0 fully saturated rings. The minimum absolute atomic E-state index is 0.114. The number of Topliss-reactive ketones (excluding diaryl/α,β-unsaturated/α-hetero) is 1. The molecule has 0 aliphatic rings. The maximum Gasteiger partial charge on any atom is 0.351 e. The largest absolute Gasteiger partial charge is 0.493 e. The van der Waals surface area contributed by atoms with E-state index >= 15 is 0 Å². The molecule has 1 aromatic heterocycles. The minimum atomic E-state index is -1.05. The topological polar surface area (TPSA) is 104 Å². The van der Waals surface area contributed by atoms with Crippen molar-refractivity contribution >= 4 is 34.7 Å². The van der Waals surface area contributed by atoms with Gasteiger partial charge in [-0.3, -0.25) is 9.59 Å². The number of esters is 1. The highest BCUT2D eigenvalue weighted by Gasteiger charge is 2.23. The van der Waals surface area contributed by atoms with Gasteiger partial charge in [-0.15, -0.1) is 11.3 Å². The summed E-state index contributed by atoms with van der Waals surface area (Å²) in [5.41, 5.74) is 2.17. The zero-order valence-corrected chi connectivity index (χ0v) is 19.7. The van der Waals surface area contributed by atoms with E-state index in [1.807, 2.05) is 6.07 Å². The van der Waals surface area contributed by atoms with E-state index in [1.54, 1.807) is 57.5 Å². The predicted octanol–water partition coefficient (Wildman–Crippen LogP) is 4.52. The molecule has 1 atom stereocenters. The molecule has 33 heavy (non-hydrogen) atoms. The molecule has 0 saturated heterocycles. The Morgan fingerprint density at radius 2 is 1.76 bits per heavy atom. The molecule has 1 amide bonds. The van der Waals surface area contributed by atoms with Gasteiger partial charge in [-0.1, -0.05) is 12.1 Å². The van der Waals surface area contributed by atoms with Crippen LogP contribution in [0.25, 0.3) is 10.6 Å². The number of amides is 1. The number of hydrogen-bond acceptors (Lipinski definition) is 8. The first kappa shape index (κ1) is 23.9. The zero-order chi connectivity index (χ0) is 24.1. The van der Waals surface area contributed by atoms with Gasteiger partial charge in [0.25, 0.3) is 5.91 Å². The lowest BCUT2D eigenvalue weighted by atomic mass is 10.1. The smallest absolute Gasteiger partial charge is 0.351 e. The summed E-state index contributed by atoms with van der Waals surface area (Å²) in [6.45, 7) is 4.63. The summed E-state index contributed by atoms with van der Waals surface area (Å²) in [7, 11) is 3.09. The Labute approximate surface area is 195 Å². The van der Waals surface area contributed by atoms with Crippen molar-refractivity contribution < 1.29 is 28.6 Å². The molecule has 1 unspecified atom stereocenters. The fraction of sp³-hybridized carbons (Fsp3) is 0.250. The number of carbonyl (C=O) groups excluding carboxylic acids is 3. The monoisotopic (exact) mass is 468 g/mol. The number of benzene rings is 2. The second-order valence-electron chi connectivity index (χ2n) is 7.18. The van der Waals surface area contributed by atoms with E-state index in [0.717, 1.165) is 16.9 Å². The number of ether oxygens (including phenoxy) is 3. The molecule has 0 bridgehead atoms. The quantitative estimate of drug-likeness (QED) is 0.383. The van der Waals surface area contributed by atoms with Crippen molar-refractivity contribution in [3.63, 3.8) is 0 Å². The standard InChI is InChI=1S/C24H24N2O6S/c1-13-21(33-23(25-13)17-9-10-19(30-4)20(12-17)31-5)24(29)32-15(3)22(28)26-18-8-6-7-16(11-18)14(2)27/h6-12,15H,1-5H3,(H,26,28). The average Bonchev–Trinajstić information content (AvgIpc) is 3.20. The van der Waals surface area contributed by atoms with Gasteiger partial charge in [0.15, 0.2) is 23.4 Å². The third kappa shape index (κ3) is 5.56. The number of carbonyl (C=O) groups is 3. The van der Waals surface area contributed by atoms with E-state index in [0.29, 0.717) is 38.3 Å². The molecular weight excluding hydrogens is 444 g/mol. The Morgan fingerprint density at radius 3 is 2.42 bits per heavy atom. The van der Waals surface area contributed by atoms with Crippen molar-refractivity contribution in [1.82, 2.24) is 4.98 Å². The molecule has 1 heterocycles. The number of aryl methyl sites for hydroxylation is 1. The number of rotatable bonds is 8. The van der Waals surface area contributed by atoms with Crippen molar-refractivity contribution in [3.8, 4) is 22.1 Å². The van der Waals surface area contributed by atoms with E-state index in [1.165, 1.54) is 13.8 Å². The molecule has 9 heteroatoms. The van der Waals surface area contributed by atoms with E-state index in [2.05, 4.69) is 10.3 Å². The zero-order valence-electron chi connectivity index (χ0n) is 18.9. The molecule has 0 aliphatic heterocycles. The van der Waals surface area contributed by atoms with Gasteiger partial charge >= 0.3 is 5.97 Å². The van der Waals surface area contributed by atoms with Crippen LogP contribution >= 0.6 is 11.3 Å². The number of hydrogen-bond donors (Lipinski definition) is 1. The lowest BCUT2D eigenvalue weighted by molar-refractivity contribution is -0.123. The van der Waals surface area contributed by atoms with Gasteiger partial charge in [0.2, 0.25) is 0 Å². The molecule has 3 aromatic rings. The highest BCUT2D eigenvalue weighted by atomic mass is 32.1. The third-order valence-corrected chi connectivity index (χ3v) is 5.99. The van der Waals surface area contributed by atoms with Crippen molar-refractivity contribution in [3.05, 3.63) is 58.6 Å². The van der Waals surface area contributed by atoms with Gasteiger partial charge in [0, 0.05) is 16.8 Å². The molecule has 2 aromatic carbocycles. The van der Waals surface area contributed by atoms with Crippen LogP contribution in [0, 0.1) is 6.92 Å². The SMILES string of the molecule is COc1ccc(-c2nc(C)c(C(=O)OC(C)C(=O)Nc3cccc(C(C)=O)c3)s2)cc1OC. The van der Waals surface area contributed by atoms with Gasteiger partial charge < -0.3 is 19.5 Å². The molecule has 0 radical (unpaired) electrons. The Kier molecular flexibility index (Phi) is 7.44. The number of anilines is 1. The maximum atomic E-state index is 12.7. The van der Waals surface area contributed by atoms with Crippen molar-refractivity contribution in [2.24, 2.45) is 0 Å². The molecule has 0 aliphatic carbocycles. The molecule has 0 spiro atoms. The predicted molar refractivity (Wildman–Crippen MR) is 125 cm³/mol. The second-order valence-corrected chi connectivity index (χ2v) is 8.18. The summed E-state index contributed by atoms with van der Waals surface area (Å²) in [4.78, 5) is 41.5. The van der Waals surface area contributed by atoms with Gasteiger partial charge in [0.05, 0.1) is 19.9 Å². The van der Waals surface area contributed by atoms with Crippen LogP contribution in [0.1, 0.15) is 39.6 Å². The third-order valence-electron chi connectivity index (χ3n) is 4.80. The number of aromatic nitrogens is 1. The van der Waals surface area contributed by atoms with Gasteiger partial charge in [-0.05, 0) is 51.1 Å². The molecular formula is C24H24N2O6S. The lowest BCUT2D eigenvalue weighted by Gasteiger charge is -2.13. The fourth-order valence-corrected chi connectivity index (χ4v) is 3.95. The highest BCUT2D eigenvalue weighted by molar-refractivity contribution is 7.17.